The molecule has 8 rings (SSSR count). The molecule has 2 fully saturated rings. The van der Waals surface area contributed by atoms with Crippen LogP contribution < -0.4 is 0 Å². The Hall–Kier alpha value is -7.24. The van der Waals surface area contributed by atoms with Crippen molar-refractivity contribution in [3.8, 4) is 57.6 Å². The van der Waals surface area contributed by atoms with E-state index in [4.69, 9.17) is 16.3 Å². The summed E-state index contributed by atoms with van der Waals surface area (Å²) in [4.78, 5) is 56.2. The molecule has 0 unspecified atom stereocenters. The minimum atomic E-state index is -1.67. The Balaban J connectivity index is 0.000000183. The third-order valence-electron chi connectivity index (χ3n) is 9.60. The molecular formula is C43H37ClN10O6. The monoisotopic (exact) mass is 824 g/mol. The number of rotatable bonds is 6. The van der Waals surface area contributed by atoms with Crippen molar-refractivity contribution in [2.75, 3.05) is 33.8 Å². The summed E-state index contributed by atoms with van der Waals surface area (Å²) in [6.45, 7) is 2.90. The molecule has 2 N–H and O–H groups in total. The van der Waals surface area contributed by atoms with Crippen LogP contribution in [0, 0.1) is 23.7 Å². The predicted molar refractivity (Wildman–Crippen MR) is 218 cm³/mol. The van der Waals surface area contributed by atoms with Gasteiger partial charge in [-0.05, 0) is 49.4 Å². The molecule has 2 amide bonds. The van der Waals surface area contributed by atoms with E-state index in [1.54, 1.807) is 68.4 Å². The van der Waals surface area contributed by atoms with Gasteiger partial charge in [-0.15, -0.1) is 0 Å². The second kappa shape index (κ2) is 17.3. The van der Waals surface area contributed by atoms with Crippen molar-refractivity contribution in [2.45, 2.75) is 31.0 Å². The Labute approximate surface area is 349 Å². The summed E-state index contributed by atoms with van der Waals surface area (Å²) in [5.41, 5.74) is 2.10. The summed E-state index contributed by atoms with van der Waals surface area (Å²) in [7, 11) is 3.29. The van der Waals surface area contributed by atoms with E-state index in [9.17, 15) is 24.6 Å². The zero-order valence-electron chi connectivity index (χ0n) is 32.7. The summed E-state index contributed by atoms with van der Waals surface area (Å²) >= 11 is 6.18. The molecule has 4 aromatic heterocycles. The third-order valence-corrected chi connectivity index (χ3v) is 9.80. The molecule has 17 heteroatoms. The van der Waals surface area contributed by atoms with Gasteiger partial charge in [0.05, 0.1) is 29.4 Å². The Kier molecular flexibility index (Phi) is 11.8. The smallest absolute Gasteiger partial charge is 0.357 e. The molecule has 16 nitrogen and oxygen atoms in total. The normalized spacial score (nSPS) is 18.2. The van der Waals surface area contributed by atoms with Crippen molar-refractivity contribution in [2.24, 2.45) is 0 Å². The molecule has 2 aromatic carbocycles. The number of likely N-dealkylation sites (N-methyl/N-ethyl adjacent to an activating group) is 2. The predicted octanol–water partition coefficient (Wildman–Crippen LogP) is 3.38. The number of amides is 2. The van der Waals surface area contributed by atoms with Gasteiger partial charge in [-0.3, -0.25) is 9.59 Å². The zero-order chi connectivity index (χ0) is 42.4. The van der Waals surface area contributed by atoms with Crippen molar-refractivity contribution >= 4 is 29.4 Å². The third kappa shape index (κ3) is 9.06. The van der Waals surface area contributed by atoms with Gasteiger partial charge in [-0.1, -0.05) is 59.5 Å². The number of ether oxygens (including phenoxy) is 1. The number of benzene rings is 2. The fourth-order valence-electron chi connectivity index (χ4n) is 6.36. The molecule has 60 heavy (non-hydrogen) atoms. The summed E-state index contributed by atoms with van der Waals surface area (Å²) in [6, 6.07) is 21.4. The van der Waals surface area contributed by atoms with Gasteiger partial charge in [0, 0.05) is 68.3 Å². The Morgan fingerprint density at radius 2 is 1.25 bits per heavy atom. The van der Waals surface area contributed by atoms with E-state index >= 15 is 0 Å². The first-order valence-electron chi connectivity index (χ1n) is 18.6. The van der Waals surface area contributed by atoms with Crippen LogP contribution in [0.3, 0.4) is 0 Å². The highest BCUT2D eigenvalue weighted by atomic mass is 35.5. The number of hydrogen-bond acceptors (Lipinski definition) is 12. The van der Waals surface area contributed by atoms with E-state index in [0.717, 1.165) is 11.3 Å². The van der Waals surface area contributed by atoms with Crippen LogP contribution in [0.15, 0.2) is 98.1 Å². The Morgan fingerprint density at radius 3 is 1.70 bits per heavy atom. The van der Waals surface area contributed by atoms with Gasteiger partial charge < -0.3 is 24.7 Å². The number of halogens is 1. The number of aliphatic hydroxyl groups is 2. The van der Waals surface area contributed by atoms with Gasteiger partial charge in [0.15, 0.2) is 5.69 Å². The highest BCUT2D eigenvalue weighted by molar-refractivity contribution is 6.29. The second-order valence-electron chi connectivity index (χ2n) is 13.9. The van der Waals surface area contributed by atoms with Gasteiger partial charge in [0.25, 0.3) is 11.8 Å². The van der Waals surface area contributed by atoms with Crippen LogP contribution in [0.4, 0.5) is 0 Å². The van der Waals surface area contributed by atoms with Crippen LogP contribution >= 0.6 is 11.6 Å². The van der Waals surface area contributed by atoms with E-state index in [-0.39, 0.29) is 24.6 Å². The van der Waals surface area contributed by atoms with Gasteiger partial charge in [-0.25, -0.2) is 34.1 Å². The van der Waals surface area contributed by atoms with E-state index in [0.29, 0.717) is 58.4 Å². The van der Waals surface area contributed by atoms with Crippen molar-refractivity contribution in [3.63, 3.8) is 0 Å². The molecule has 6 aromatic rings. The molecule has 6 heterocycles. The number of carbonyl (C=O) groups excluding carboxylic acids is 3. The standard InChI is InChI=1S/C23H21N5O4.C20H16ClN5O2/c1-3-32-21(29)20-13-18(28-15-24-14-25-28)12-19(26-20)17-6-4-5-16(11-17)7-8-23(31)9-10-27(2)22(23)30;1-25-8-7-20(28,19(25)27)6-5-14-3-2-4-15(9-14)17-10-16(11-18(21)24-17)26-13-22-12-23-26/h4-6,11-15,31H,3,9-10H2,1-2H3;2-4,9-13,28H,7-8H2,1H3/t23-;20-/m00/s1. The molecule has 2 aliphatic heterocycles. The van der Waals surface area contributed by atoms with Crippen molar-refractivity contribution in [3.05, 3.63) is 120 Å². The minimum Gasteiger partial charge on any atom is -0.461 e. The highest BCUT2D eigenvalue weighted by Crippen LogP contribution is 2.26. The SMILES string of the molecule is CCOC(=O)c1cc(-n2cncn2)cc(-c2cccc(C#C[C@]3(O)CCN(C)C3=O)c2)n1.CN1CC[C@@](O)(C#Cc2cccc(-c3cc(-n4cncn4)cc(Cl)n3)c2)C1=O. The fraction of sp³-hybridized carbons (Fsp3) is 0.233. The maximum absolute atomic E-state index is 12.3. The molecule has 2 aliphatic rings. The highest BCUT2D eigenvalue weighted by Gasteiger charge is 2.43. The first-order valence-corrected chi connectivity index (χ1v) is 19.0. The molecule has 0 bridgehead atoms. The number of carbonyl (C=O) groups is 3. The van der Waals surface area contributed by atoms with E-state index < -0.39 is 23.1 Å². The van der Waals surface area contributed by atoms with E-state index in [1.807, 2.05) is 36.4 Å². The molecule has 0 saturated carbocycles. The molecular weight excluding hydrogens is 788 g/mol. The summed E-state index contributed by atoms with van der Waals surface area (Å²) < 4.78 is 8.23. The molecule has 302 valence electrons. The van der Waals surface area contributed by atoms with Gasteiger partial charge in [-0.2, -0.15) is 10.2 Å². The first kappa shape index (κ1) is 40.9. The topological polar surface area (TPSA) is 195 Å². The van der Waals surface area contributed by atoms with E-state index in [1.165, 1.54) is 33.5 Å². The summed E-state index contributed by atoms with van der Waals surface area (Å²) in [5.74, 6) is 9.92. The van der Waals surface area contributed by atoms with E-state index in [2.05, 4.69) is 53.8 Å². The average molecular weight is 825 g/mol. The molecule has 0 spiro atoms. The zero-order valence-corrected chi connectivity index (χ0v) is 33.4. The van der Waals surface area contributed by atoms with Crippen LogP contribution in [0.25, 0.3) is 33.9 Å². The number of hydrogen-bond donors (Lipinski definition) is 2. The van der Waals surface area contributed by atoms with Crippen LogP contribution in [0.2, 0.25) is 5.15 Å². The Bertz CT molecular complexity index is 2700. The van der Waals surface area contributed by atoms with Crippen LogP contribution in [0.1, 0.15) is 41.4 Å². The maximum atomic E-state index is 12.3. The van der Waals surface area contributed by atoms with Gasteiger partial charge in [0.1, 0.15) is 30.5 Å². The average Bonchev–Trinajstić information content (AvgIpc) is 4.09. The van der Waals surface area contributed by atoms with Gasteiger partial charge >= 0.3 is 5.97 Å². The number of likely N-dealkylation sites (tertiary alicyclic amines) is 2. The van der Waals surface area contributed by atoms with Gasteiger partial charge in [0.2, 0.25) is 11.2 Å². The lowest BCUT2D eigenvalue weighted by molar-refractivity contribution is -0.138. The maximum Gasteiger partial charge on any atom is 0.357 e. The molecule has 0 radical (unpaired) electrons. The molecule has 0 aliphatic carbocycles. The lowest BCUT2D eigenvalue weighted by Gasteiger charge is -2.13. The number of esters is 1. The number of aromatic nitrogens is 8. The lowest BCUT2D eigenvalue weighted by atomic mass is 10.0. The summed E-state index contributed by atoms with van der Waals surface area (Å²) in [6.07, 6.45) is 6.50. The van der Waals surface area contributed by atoms with Crippen molar-refractivity contribution in [1.82, 2.24) is 49.3 Å². The molecule has 2 saturated heterocycles. The Morgan fingerprint density at radius 1 is 0.750 bits per heavy atom. The van der Waals surface area contributed by atoms with Crippen LogP contribution in [-0.2, 0) is 14.3 Å². The number of nitrogens with zero attached hydrogens (tertiary/aromatic N) is 10. The van der Waals surface area contributed by atoms with Crippen LogP contribution in [0.5, 0.6) is 0 Å². The van der Waals surface area contributed by atoms with Crippen molar-refractivity contribution < 1.29 is 29.3 Å². The molecule has 2 atom stereocenters. The van der Waals surface area contributed by atoms with Crippen LogP contribution in [-0.4, -0.2) is 122 Å². The largest absolute Gasteiger partial charge is 0.461 e. The summed E-state index contributed by atoms with van der Waals surface area (Å²) in [5, 5.41) is 29.5. The minimum absolute atomic E-state index is 0.139. The quantitative estimate of drug-likeness (QED) is 0.142. The second-order valence-corrected chi connectivity index (χ2v) is 14.3. The first-order chi connectivity index (χ1) is 28.8. The lowest BCUT2D eigenvalue weighted by Crippen LogP contribution is -2.37. The fourth-order valence-corrected chi connectivity index (χ4v) is 6.56. The number of pyridine rings is 2. The van der Waals surface area contributed by atoms with Crippen molar-refractivity contribution in [1.29, 1.82) is 0 Å².